The number of hydrogen-bond donors (Lipinski definition) is 0. The molecule has 0 unspecified atom stereocenters. The molecule has 0 radical (unpaired) electrons. The molecule has 206 valence electrons. The average Bonchev–Trinajstić information content (AvgIpc) is 3.19. The van der Waals surface area contributed by atoms with Crippen LogP contribution >= 0.6 is 0 Å². The molecular formula is C33H38B8O2. The topological polar surface area (TPSA) is 18.5 Å². The standard InChI is InChI=1S/C33H38B8O2/c1-15-11-19(16-7-6-8-20(13-16)41-42-32(2,3)33(4,5)43-41)12-17-9-10-18(14-21(15)17)22-23-24(27(36)29(38)25(22)34)28(37)31(40)30(39)26(23)35/h6-14H,34-40H2,1-5H3. The van der Waals surface area contributed by atoms with E-state index in [4.69, 9.17) is 9.31 Å². The second-order valence-corrected chi connectivity index (χ2v) is 13.9. The van der Waals surface area contributed by atoms with E-state index < -0.39 is 0 Å². The molecule has 5 aromatic carbocycles. The second-order valence-electron chi connectivity index (χ2n) is 13.9. The van der Waals surface area contributed by atoms with Crippen molar-refractivity contribution >= 4 is 127 Å². The van der Waals surface area contributed by atoms with E-state index in [-0.39, 0.29) is 18.3 Å². The fourth-order valence-corrected chi connectivity index (χ4v) is 7.01. The van der Waals surface area contributed by atoms with E-state index in [0.717, 1.165) is 5.46 Å². The predicted molar refractivity (Wildman–Crippen MR) is 210 cm³/mol. The molecule has 0 N–H and O–H groups in total. The summed E-state index contributed by atoms with van der Waals surface area (Å²) in [5, 5.41) is 5.39. The molecule has 0 atom stereocenters. The summed E-state index contributed by atoms with van der Waals surface area (Å²) >= 11 is 0. The Morgan fingerprint density at radius 1 is 0.558 bits per heavy atom. The number of fused-ring (bicyclic) bond motifs is 2. The lowest BCUT2D eigenvalue weighted by molar-refractivity contribution is 0.00578. The van der Waals surface area contributed by atoms with Crippen LogP contribution in [0.1, 0.15) is 33.3 Å². The minimum absolute atomic E-state index is 0.362. The van der Waals surface area contributed by atoms with Gasteiger partial charge in [0.2, 0.25) is 0 Å². The van der Waals surface area contributed by atoms with Gasteiger partial charge in [-0.25, -0.2) is 0 Å². The summed E-state index contributed by atoms with van der Waals surface area (Å²) in [6.07, 6.45) is 0. The van der Waals surface area contributed by atoms with Gasteiger partial charge in [-0.2, -0.15) is 0 Å². The van der Waals surface area contributed by atoms with Crippen LogP contribution in [0.15, 0.2) is 54.6 Å². The average molecular weight is 553 g/mol. The fourth-order valence-electron chi connectivity index (χ4n) is 7.01. The summed E-state index contributed by atoms with van der Waals surface area (Å²) in [5.74, 6) is 0. The first kappa shape index (κ1) is 30.1. The zero-order valence-corrected chi connectivity index (χ0v) is 28.1. The van der Waals surface area contributed by atoms with Crippen LogP contribution in [0.3, 0.4) is 0 Å². The zero-order valence-electron chi connectivity index (χ0n) is 28.1. The molecule has 0 amide bonds. The lowest BCUT2D eigenvalue weighted by Crippen LogP contribution is -2.52. The lowest BCUT2D eigenvalue weighted by atomic mass is 9.59. The molecule has 5 aromatic rings. The van der Waals surface area contributed by atoms with Gasteiger partial charge in [-0.3, -0.25) is 0 Å². The Kier molecular flexibility index (Phi) is 7.22. The summed E-state index contributed by atoms with van der Waals surface area (Å²) in [4.78, 5) is 0. The van der Waals surface area contributed by atoms with E-state index >= 15 is 0 Å². The maximum atomic E-state index is 6.35. The van der Waals surface area contributed by atoms with Crippen molar-refractivity contribution in [1.82, 2.24) is 0 Å². The minimum atomic E-state index is -0.371. The third-order valence-electron chi connectivity index (χ3n) is 11.0. The van der Waals surface area contributed by atoms with Gasteiger partial charge < -0.3 is 9.31 Å². The van der Waals surface area contributed by atoms with Gasteiger partial charge >= 0.3 is 7.12 Å². The Hall–Kier alpha value is -2.94. The Labute approximate surface area is 264 Å². The number of hydrogen-bond acceptors (Lipinski definition) is 2. The van der Waals surface area contributed by atoms with E-state index in [1.807, 2.05) is 0 Å². The molecular weight excluding hydrogens is 515 g/mol. The SMILES string of the molecule is Bc1c(B)c(B)c2c(-c3ccc4cc(-c5cccc(B6OC(C)(C)C(C)(C)O6)c5)cc(C)c4c3)c(B)c(B)c(B)c2c1B. The van der Waals surface area contributed by atoms with Gasteiger partial charge in [-0.05, 0) is 102 Å². The largest absolute Gasteiger partial charge is 0.494 e. The van der Waals surface area contributed by atoms with Crippen LogP contribution in [-0.4, -0.2) is 73.2 Å². The molecule has 1 fully saturated rings. The third kappa shape index (κ3) is 4.68. The van der Waals surface area contributed by atoms with Gasteiger partial charge in [0.15, 0.2) is 0 Å². The van der Waals surface area contributed by atoms with Crippen LogP contribution in [0.5, 0.6) is 0 Å². The van der Waals surface area contributed by atoms with Crippen LogP contribution in [0, 0.1) is 6.92 Å². The molecule has 6 rings (SSSR count). The molecule has 2 nitrogen and oxygen atoms in total. The van der Waals surface area contributed by atoms with Gasteiger partial charge in [-0.1, -0.05) is 64.3 Å². The Bertz CT molecular complexity index is 1960. The highest BCUT2D eigenvalue weighted by molar-refractivity contribution is 6.71. The summed E-state index contributed by atoms with van der Waals surface area (Å²) < 4.78 is 12.7. The zero-order chi connectivity index (χ0) is 31.2. The van der Waals surface area contributed by atoms with Crippen molar-refractivity contribution < 1.29 is 9.31 Å². The van der Waals surface area contributed by atoms with Crippen molar-refractivity contribution in [3.8, 4) is 22.3 Å². The van der Waals surface area contributed by atoms with Gasteiger partial charge in [0.1, 0.15) is 54.9 Å². The molecule has 1 aliphatic rings. The summed E-state index contributed by atoms with van der Waals surface area (Å²) in [5.41, 5.74) is 16.5. The maximum absolute atomic E-state index is 6.35. The summed E-state index contributed by atoms with van der Waals surface area (Å²) in [7, 11) is 15.7. The van der Waals surface area contributed by atoms with E-state index in [1.54, 1.807) is 0 Å². The van der Waals surface area contributed by atoms with Crippen molar-refractivity contribution in [2.24, 2.45) is 0 Å². The fraction of sp³-hybridized carbons (Fsp3) is 0.212. The highest BCUT2D eigenvalue weighted by Crippen LogP contribution is 2.37. The normalized spacial score (nSPS) is 15.9. The Morgan fingerprint density at radius 2 is 1.14 bits per heavy atom. The predicted octanol–water partition coefficient (Wildman–Crippen LogP) is -4.26. The summed E-state index contributed by atoms with van der Waals surface area (Å²) in [6.45, 7) is 10.6. The van der Waals surface area contributed by atoms with Crippen molar-refractivity contribution in [3.63, 3.8) is 0 Å². The highest BCUT2D eigenvalue weighted by Gasteiger charge is 2.51. The molecule has 1 heterocycles. The van der Waals surface area contributed by atoms with Crippen molar-refractivity contribution in [3.05, 3.63) is 60.2 Å². The van der Waals surface area contributed by atoms with Crippen LogP contribution in [-0.2, 0) is 9.31 Å². The Balaban J connectivity index is 1.47. The first-order valence-electron chi connectivity index (χ1n) is 15.6. The van der Waals surface area contributed by atoms with Gasteiger partial charge in [0.25, 0.3) is 0 Å². The van der Waals surface area contributed by atoms with Crippen molar-refractivity contribution in [2.75, 3.05) is 0 Å². The second kappa shape index (κ2) is 10.3. The molecule has 0 saturated carbocycles. The molecule has 0 bridgehead atoms. The lowest BCUT2D eigenvalue weighted by Gasteiger charge is -2.32. The molecule has 10 heteroatoms. The quantitative estimate of drug-likeness (QED) is 0.211. The molecule has 1 saturated heterocycles. The van der Waals surface area contributed by atoms with Crippen LogP contribution in [0.2, 0.25) is 0 Å². The maximum Gasteiger partial charge on any atom is 0.494 e. The first-order chi connectivity index (χ1) is 20.1. The van der Waals surface area contributed by atoms with Gasteiger partial charge in [0.05, 0.1) is 11.2 Å². The highest BCUT2D eigenvalue weighted by atomic mass is 16.7. The smallest absolute Gasteiger partial charge is 0.399 e. The van der Waals surface area contributed by atoms with Crippen LogP contribution in [0.4, 0.5) is 0 Å². The van der Waals surface area contributed by atoms with Crippen LogP contribution in [0.25, 0.3) is 43.8 Å². The number of benzene rings is 5. The van der Waals surface area contributed by atoms with E-state index in [0.29, 0.717) is 0 Å². The molecule has 0 aliphatic carbocycles. The molecule has 0 aromatic heterocycles. The number of rotatable bonds is 3. The number of aryl methyl sites for hydroxylation is 1. The van der Waals surface area contributed by atoms with Crippen molar-refractivity contribution in [1.29, 1.82) is 0 Å². The van der Waals surface area contributed by atoms with Crippen molar-refractivity contribution in [2.45, 2.75) is 45.8 Å². The Morgan fingerprint density at radius 3 is 1.77 bits per heavy atom. The molecule has 1 aliphatic heterocycles. The molecule has 43 heavy (non-hydrogen) atoms. The van der Waals surface area contributed by atoms with E-state index in [9.17, 15) is 0 Å². The van der Waals surface area contributed by atoms with Gasteiger partial charge in [0, 0.05) is 0 Å². The van der Waals surface area contributed by atoms with E-state index in [1.165, 1.54) is 87.6 Å². The first-order valence-corrected chi connectivity index (χ1v) is 15.6. The third-order valence-corrected chi connectivity index (χ3v) is 11.0. The molecule has 0 spiro atoms. The summed E-state index contributed by atoms with van der Waals surface area (Å²) in [6, 6.07) is 20.3. The van der Waals surface area contributed by atoms with Gasteiger partial charge in [-0.15, -0.1) is 16.4 Å². The monoisotopic (exact) mass is 554 g/mol. The van der Waals surface area contributed by atoms with Crippen LogP contribution < -0.4 is 43.7 Å². The van der Waals surface area contributed by atoms with E-state index in [2.05, 4.69) is 144 Å². The minimum Gasteiger partial charge on any atom is -0.399 e.